The maximum atomic E-state index is 12.5. The Morgan fingerprint density at radius 3 is 2.59 bits per heavy atom. The zero-order chi connectivity index (χ0) is 15.8. The normalized spacial score (nSPS) is 17.2. The molecule has 0 aromatic heterocycles. The average Bonchev–Trinajstić information content (AvgIpc) is 2.58. The Morgan fingerprint density at radius 1 is 1.27 bits per heavy atom. The summed E-state index contributed by atoms with van der Waals surface area (Å²) in [5, 5.41) is 3.38. The lowest BCUT2D eigenvalue weighted by Gasteiger charge is -2.29. The van der Waals surface area contributed by atoms with E-state index in [-0.39, 0.29) is 0 Å². The van der Waals surface area contributed by atoms with E-state index < -0.39 is 0 Å². The molecule has 1 atom stereocenters. The van der Waals surface area contributed by atoms with Crippen LogP contribution in [-0.4, -0.2) is 37.0 Å². The number of hydrogen-bond acceptors (Lipinski definition) is 2. The molecule has 1 aliphatic rings. The Kier molecular flexibility index (Phi) is 6.91. The second-order valence-electron chi connectivity index (χ2n) is 6.49. The van der Waals surface area contributed by atoms with Gasteiger partial charge < -0.3 is 10.2 Å². The molecule has 1 N–H and O–H groups in total. The van der Waals surface area contributed by atoms with Gasteiger partial charge in [0, 0.05) is 19.5 Å². The van der Waals surface area contributed by atoms with Gasteiger partial charge in [-0.1, -0.05) is 37.3 Å². The number of piperidine rings is 1. The van der Waals surface area contributed by atoms with Crippen molar-refractivity contribution in [3.05, 3.63) is 35.9 Å². The van der Waals surface area contributed by atoms with E-state index in [1.807, 2.05) is 18.0 Å². The Hall–Kier alpha value is -1.35. The van der Waals surface area contributed by atoms with Crippen LogP contribution in [0.5, 0.6) is 0 Å². The highest BCUT2D eigenvalue weighted by Gasteiger charge is 2.20. The summed E-state index contributed by atoms with van der Waals surface area (Å²) in [5.41, 5.74) is 1.31. The van der Waals surface area contributed by atoms with E-state index in [1.54, 1.807) is 0 Å². The van der Waals surface area contributed by atoms with Crippen LogP contribution in [0.15, 0.2) is 30.3 Å². The standard InChI is InChI=1S/C19H30N2O/c1-3-18(15-17-7-5-4-6-8-17)21(2)19(22)10-9-16-11-13-20-14-12-16/h4-8,16,18,20H,3,9-15H2,1-2H3. The number of amides is 1. The molecule has 1 fully saturated rings. The molecule has 1 saturated heterocycles. The van der Waals surface area contributed by atoms with Crippen molar-refractivity contribution in [2.75, 3.05) is 20.1 Å². The van der Waals surface area contributed by atoms with Crippen LogP contribution in [0.4, 0.5) is 0 Å². The maximum absolute atomic E-state index is 12.5. The highest BCUT2D eigenvalue weighted by atomic mass is 16.2. The van der Waals surface area contributed by atoms with Crippen molar-refractivity contribution in [3.63, 3.8) is 0 Å². The van der Waals surface area contributed by atoms with Crippen LogP contribution >= 0.6 is 0 Å². The summed E-state index contributed by atoms with van der Waals surface area (Å²) in [6, 6.07) is 10.8. The van der Waals surface area contributed by atoms with Crippen molar-refractivity contribution in [2.24, 2.45) is 5.92 Å². The van der Waals surface area contributed by atoms with Crippen LogP contribution in [0.2, 0.25) is 0 Å². The van der Waals surface area contributed by atoms with Gasteiger partial charge in [-0.25, -0.2) is 0 Å². The fourth-order valence-corrected chi connectivity index (χ4v) is 3.32. The molecule has 0 radical (unpaired) electrons. The van der Waals surface area contributed by atoms with Gasteiger partial charge in [0.05, 0.1) is 0 Å². The monoisotopic (exact) mass is 302 g/mol. The molecular formula is C19H30N2O. The highest BCUT2D eigenvalue weighted by Crippen LogP contribution is 2.19. The summed E-state index contributed by atoms with van der Waals surface area (Å²) in [6.45, 7) is 4.39. The molecule has 1 aromatic rings. The van der Waals surface area contributed by atoms with Crippen molar-refractivity contribution < 1.29 is 4.79 Å². The van der Waals surface area contributed by atoms with Gasteiger partial charge in [-0.05, 0) is 56.7 Å². The fraction of sp³-hybridized carbons (Fsp3) is 0.632. The van der Waals surface area contributed by atoms with E-state index in [1.165, 1.54) is 18.4 Å². The molecule has 0 saturated carbocycles. The first-order valence-corrected chi connectivity index (χ1v) is 8.71. The molecule has 1 aromatic carbocycles. The van der Waals surface area contributed by atoms with E-state index in [2.05, 4.69) is 36.5 Å². The first-order chi connectivity index (χ1) is 10.7. The maximum Gasteiger partial charge on any atom is 0.222 e. The number of carbonyl (C=O) groups excluding carboxylic acids is 1. The number of hydrogen-bond donors (Lipinski definition) is 1. The van der Waals surface area contributed by atoms with Crippen LogP contribution in [0, 0.1) is 5.92 Å². The molecule has 2 rings (SSSR count). The summed E-state index contributed by atoms with van der Waals surface area (Å²) in [5.74, 6) is 1.04. The van der Waals surface area contributed by atoms with Crippen LogP contribution in [0.3, 0.4) is 0 Å². The molecule has 0 bridgehead atoms. The number of carbonyl (C=O) groups is 1. The Balaban J connectivity index is 1.81. The lowest BCUT2D eigenvalue weighted by molar-refractivity contribution is -0.132. The zero-order valence-corrected chi connectivity index (χ0v) is 14.1. The van der Waals surface area contributed by atoms with E-state index >= 15 is 0 Å². The summed E-state index contributed by atoms with van der Waals surface area (Å²) < 4.78 is 0. The SMILES string of the molecule is CCC(Cc1ccccc1)N(C)C(=O)CCC1CCNCC1. The van der Waals surface area contributed by atoms with E-state index in [0.717, 1.165) is 38.3 Å². The third-order valence-electron chi connectivity index (χ3n) is 4.95. The van der Waals surface area contributed by atoms with Crippen molar-refractivity contribution in [3.8, 4) is 0 Å². The van der Waals surface area contributed by atoms with Gasteiger partial charge in [-0.3, -0.25) is 4.79 Å². The summed E-state index contributed by atoms with van der Waals surface area (Å²) >= 11 is 0. The third-order valence-corrected chi connectivity index (χ3v) is 4.95. The minimum absolute atomic E-state index is 0.307. The first kappa shape index (κ1) is 17.0. The molecule has 3 heteroatoms. The van der Waals surface area contributed by atoms with Gasteiger partial charge in [0.25, 0.3) is 0 Å². The Bertz CT molecular complexity index is 440. The van der Waals surface area contributed by atoms with E-state index in [4.69, 9.17) is 0 Å². The molecule has 0 aliphatic carbocycles. The number of benzene rings is 1. The lowest BCUT2D eigenvalue weighted by Crippen LogP contribution is -2.38. The second kappa shape index (κ2) is 8.94. The van der Waals surface area contributed by atoms with Gasteiger partial charge in [0.2, 0.25) is 5.91 Å². The van der Waals surface area contributed by atoms with Crippen molar-refractivity contribution >= 4 is 5.91 Å². The molecule has 3 nitrogen and oxygen atoms in total. The van der Waals surface area contributed by atoms with Crippen molar-refractivity contribution in [1.29, 1.82) is 0 Å². The van der Waals surface area contributed by atoms with Crippen LogP contribution in [0.1, 0.15) is 44.6 Å². The first-order valence-electron chi connectivity index (χ1n) is 8.71. The number of nitrogens with zero attached hydrogens (tertiary/aromatic N) is 1. The van der Waals surface area contributed by atoms with E-state index in [0.29, 0.717) is 18.4 Å². The van der Waals surface area contributed by atoms with Crippen molar-refractivity contribution in [2.45, 2.75) is 51.5 Å². The average molecular weight is 302 g/mol. The predicted octanol–water partition coefficient (Wildman–Crippen LogP) is 3.25. The minimum Gasteiger partial charge on any atom is -0.342 e. The third kappa shape index (κ3) is 5.13. The molecule has 0 spiro atoms. The zero-order valence-electron chi connectivity index (χ0n) is 14.1. The molecular weight excluding hydrogens is 272 g/mol. The van der Waals surface area contributed by atoms with E-state index in [9.17, 15) is 4.79 Å². The summed E-state index contributed by atoms with van der Waals surface area (Å²) in [7, 11) is 1.97. The molecule has 22 heavy (non-hydrogen) atoms. The van der Waals surface area contributed by atoms with Gasteiger partial charge in [-0.15, -0.1) is 0 Å². The molecule has 1 heterocycles. The Labute approximate surface area is 135 Å². The number of nitrogens with one attached hydrogen (secondary N) is 1. The predicted molar refractivity (Wildman–Crippen MR) is 91.8 cm³/mol. The van der Waals surface area contributed by atoms with Crippen LogP contribution < -0.4 is 5.32 Å². The topological polar surface area (TPSA) is 32.3 Å². The van der Waals surface area contributed by atoms with Gasteiger partial charge >= 0.3 is 0 Å². The quantitative estimate of drug-likeness (QED) is 0.838. The lowest BCUT2D eigenvalue weighted by atomic mass is 9.93. The van der Waals surface area contributed by atoms with Gasteiger partial charge in [0.15, 0.2) is 0 Å². The fourth-order valence-electron chi connectivity index (χ4n) is 3.32. The molecule has 122 valence electrons. The van der Waals surface area contributed by atoms with Crippen molar-refractivity contribution in [1.82, 2.24) is 10.2 Å². The molecule has 1 aliphatic heterocycles. The minimum atomic E-state index is 0.307. The summed E-state index contributed by atoms with van der Waals surface area (Å²) in [6.07, 6.45) is 6.15. The van der Waals surface area contributed by atoms with Gasteiger partial charge in [-0.2, -0.15) is 0 Å². The largest absolute Gasteiger partial charge is 0.342 e. The smallest absolute Gasteiger partial charge is 0.222 e. The van der Waals surface area contributed by atoms with Crippen LogP contribution in [0.25, 0.3) is 0 Å². The van der Waals surface area contributed by atoms with Crippen LogP contribution in [-0.2, 0) is 11.2 Å². The highest BCUT2D eigenvalue weighted by molar-refractivity contribution is 5.76. The molecule has 1 unspecified atom stereocenters. The number of likely N-dealkylation sites (N-methyl/N-ethyl adjacent to an activating group) is 1. The molecule has 1 amide bonds. The number of rotatable bonds is 7. The Morgan fingerprint density at radius 2 is 1.95 bits per heavy atom. The second-order valence-corrected chi connectivity index (χ2v) is 6.49. The summed E-state index contributed by atoms with van der Waals surface area (Å²) in [4.78, 5) is 14.5. The van der Waals surface area contributed by atoms with Gasteiger partial charge in [0.1, 0.15) is 0 Å².